The number of aryl methyl sites for hydroxylation is 1. The number of carbonyl (C=O) groups is 1. The zero-order valence-corrected chi connectivity index (χ0v) is 19.5. The lowest BCUT2D eigenvalue weighted by atomic mass is 9.95. The molecule has 1 heterocycles. The molecule has 1 aromatic heterocycles. The summed E-state index contributed by atoms with van der Waals surface area (Å²) in [5.41, 5.74) is 2.77. The summed E-state index contributed by atoms with van der Waals surface area (Å²) in [6, 6.07) is 16.1. The number of hydrogen-bond donors (Lipinski definition) is 2. The molecule has 172 valence electrons. The zero-order chi connectivity index (χ0) is 23.4. The maximum Gasteiger partial charge on any atom is 0.243 e. The van der Waals surface area contributed by atoms with E-state index >= 15 is 0 Å². The number of aromatic nitrogens is 2. The minimum Gasteiger partial charge on any atom is -0.340 e. The van der Waals surface area contributed by atoms with Gasteiger partial charge in [-0.3, -0.25) is 4.79 Å². The van der Waals surface area contributed by atoms with Crippen molar-refractivity contribution in [2.24, 2.45) is 0 Å². The van der Waals surface area contributed by atoms with Crippen LogP contribution in [0.4, 0.5) is 23.1 Å². The van der Waals surface area contributed by atoms with Crippen molar-refractivity contribution < 1.29 is 13.2 Å². The number of rotatable bonds is 7. The molecule has 1 aliphatic rings. The Morgan fingerprint density at radius 2 is 1.52 bits per heavy atom. The Hall–Kier alpha value is -3.30. The maximum atomic E-state index is 13.0. The van der Waals surface area contributed by atoms with Crippen LogP contribution in [0.25, 0.3) is 0 Å². The summed E-state index contributed by atoms with van der Waals surface area (Å²) in [6.07, 6.45) is 3.65. The standard InChI is InChI=1S/C24H27N5O3S/c1-17-3-5-18(6-4-17)26-23-15-16-25-24(28-23)27-19-7-13-22(14-8-19)33(31,32)29(2)20-9-11-21(30)12-10-20/h3-8,13-16,20H,9-12H2,1-2H3,(H2,25,26,27,28). The molecule has 1 aliphatic carbocycles. The van der Waals surface area contributed by atoms with Gasteiger partial charge in [-0.15, -0.1) is 0 Å². The van der Waals surface area contributed by atoms with Crippen LogP contribution in [0.2, 0.25) is 0 Å². The predicted molar refractivity (Wildman–Crippen MR) is 128 cm³/mol. The van der Waals surface area contributed by atoms with Crippen LogP contribution >= 0.6 is 0 Å². The minimum atomic E-state index is -3.64. The number of benzene rings is 2. The number of nitrogens with zero attached hydrogens (tertiary/aromatic N) is 3. The normalized spacial score (nSPS) is 14.9. The Morgan fingerprint density at radius 1 is 0.909 bits per heavy atom. The zero-order valence-electron chi connectivity index (χ0n) is 18.7. The number of nitrogens with one attached hydrogen (secondary N) is 2. The molecule has 8 nitrogen and oxygen atoms in total. The average Bonchev–Trinajstić information content (AvgIpc) is 2.81. The number of sulfonamides is 1. The van der Waals surface area contributed by atoms with E-state index in [0.717, 1.165) is 5.69 Å². The van der Waals surface area contributed by atoms with Crippen LogP contribution in [0.5, 0.6) is 0 Å². The van der Waals surface area contributed by atoms with Gasteiger partial charge >= 0.3 is 0 Å². The second-order valence-corrected chi connectivity index (χ2v) is 10.2. The van der Waals surface area contributed by atoms with E-state index in [1.54, 1.807) is 43.6 Å². The van der Waals surface area contributed by atoms with Gasteiger partial charge in [0.15, 0.2) is 0 Å². The molecule has 0 aliphatic heterocycles. The smallest absolute Gasteiger partial charge is 0.243 e. The molecule has 4 rings (SSSR count). The van der Waals surface area contributed by atoms with Crippen molar-refractivity contribution in [3.8, 4) is 0 Å². The van der Waals surface area contributed by atoms with Gasteiger partial charge in [0, 0.05) is 43.5 Å². The van der Waals surface area contributed by atoms with Crippen molar-refractivity contribution in [3.05, 3.63) is 66.4 Å². The van der Waals surface area contributed by atoms with Gasteiger partial charge < -0.3 is 10.6 Å². The van der Waals surface area contributed by atoms with Gasteiger partial charge in [0.25, 0.3) is 0 Å². The van der Waals surface area contributed by atoms with E-state index in [1.165, 1.54) is 9.87 Å². The molecule has 2 aromatic carbocycles. The first-order chi connectivity index (χ1) is 15.8. The summed E-state index contributed by atoms with van der Waals surface area (Å²) < 4.78 is 27.4. The van der Waals surface area contributed by atoms with Crippen molar-refractivity contribution in [3.63, 3.8) is 0 Å². The molecule has 0 saturated heterocycles. The van der Waals surface area contributed by atoms with Crippen LogP contribution in [-0.4, -0.2) is 41.6 Å². The first-order valence-electron chi connectivity index (χ1n) is 10.8. The summed E-state index contributed by atoms with van der Waals surface area (Å²) in [5.74, 6) is 1.24. The van der Waals surface area contributed by atoms with E-state index in [-0.39, 0.29) is 16.7 Å². The van der Waals surface area contributed by atoms with Crippen LogP contribution in [0.15, 0.2) is 65.7 Å². The van der Waals surface area contributed by atoms with E-state index < -0.39 is 10.0 Å². The fourth-order valence-corrected chi connectivity index (χ4v) is 5.18. The second kappa shape index (κ2) is 9.68. The molecule has 0 unspecified atom stereocenters. The number of carbonyl (C=O) groups excluding carboxylic acids is 1. The monoisotopic (exact) mass is 465 g/mol. The molecule has 0 bridgehead atoms. The first kappa shape index (κ1) is 22.9. The topological polar surface area (TPSA) is 104 Å². The van der Waals surface area contributed by atoms with Crippen LogP contribution in [0, 0.1) is 6.92 Å². The SMILES string of the molecule is Cc1ccc(Nc2ccnc(Nc3ccc(S(=O)(=O)N(C)C4CCC(=O)CC4)cc3)n2)cc1. The summed E-state index contributed by atoms with van der Waals surface area (Å²) in [6.45, 7) is 2.03. The largest absolute Gasteiger partial charge is 0.340 e. The van der Waals surface area contributed by atoms with Gasteiger partial charge in [-0.1, -0.05) is 17.7 Å². The van der Waals surface area contributed by atoms with Crippen LogP contribution in [-0.2, 0) is 14.8 Å². The van der Waals surface area contributed by atoms with Crippen molar-refractivity contribution in [2.45, 2.75) is 43.5 Å². The highest BCUT2D eigenvalue weighted by Crippen LogP contribution is 2.26. The Balaban J connectivity index is 1.43. The molecule has 33 heavy (non-hydrogen) atoms. The van der Waals surface area contributed by atoms with Crippen LogP contribution in [0.1, 0.15) is 31.2 Å². The number of Topliss-reactive ketones (excluding diaryl/α,β-unsaturated/α-hetero) is 1. The summed E-state index contributed by atoms with van der Waals surface area (Å²) in [7, 11) is -2.05. The lowest BCUT2D eigenvalue weighted by molar-refractivity contribution is -0.120. The van der Waals surface area contributed by atoms with Gasteiger partial charge in [0.2, 0.25) is 16.0 Å². The van der Waals surface area contributed by atoms with E-state index in [4.69, 9.17) is 0 Å². The van der Waals surface area contributed by atoms with Gasteiger partial charge in [-0.25, -0.2) is 13.4 Å². The van der Waals surface area contributed by atoms with E-state index in [2.05, 4.69) is 20.6 Å². The number of anilines is 4. The quantitative estimate of drug-likeness (QED) is 0.533. The third kappa shape index (κ3) is 5.55. The number of ketones is 1. The molecule has 3 aromatic rings. The average molecular weight is 466 g/mol. The highest BCUT2D eigenvalue weighted by atomic mass is 32.2. The highest BCUT2D eigenvalue weighted by Gasteiger charge is 2.30. The van der Waals surface area contributed by atoms with Crippen molar-refractivity contribution >= 4 is 38.9 Å². The van der Waals surface area contributed by atoms with Crippen molar-refractivity contribution in [1.29, 1.82) is 0 Å². The molecule has 2 N–H and O–H groups in total. The van der Waals surface area contributed by atoms with Gasteiger partial charge in [-0.2, -0.15) is 9.29 Å². The molecule has 1 fully saturated rings. The van der Waals surface area contributed by atoms with E-state index in [9.17, 15) is 13.2 Å². The van der Waals surface area contributed by atoms with E-state index in [1.807, 2.05) is 31.2 Å². The first-order valence-corrected chi connectivity index (χ1v) is 12.3. The van der Waals surface area contributed by atoms with Crippen LogP contribution in [0.3, 0.4) is 0 Å². The lowest BCUT2D eigenvalue weighted by Gasteiger charge is -2.29. The highest BCUT2D eigenvalue weighted by molar-refractivity contribution is 7.89. The minimum absolute atomic E-state index is 0.150. The molecule has 1 saturated carbocycles. The maximum absolute atomic E-state index is 13.0. The molecule has 0 radical (unpaired) electrons. The lowest BCUT2D eigenvalue weighted by Crippen LogP contribution is -2.39. The summed E-state index contributed by atoms with van der Waals surface area (Å²) in [5, 5.41) is 6.34. The molecular formula is C24H27N5O3S. The molecular weight excluding hydrogens is 438 g/mol. The molecule has 0 spiro atoms. The fraction of sp³-hybridized carbons (Fsp3) is 0.292. The van der Waals surface area contributed by atoms with Crippen molar-refractivity contribution in [1.82, 2.24) is 14.3 Å². The second-order valence-electron chi connectivity index (χ2n) is 8.20. The Morgan fingerprint density at radius 3 is 2.18 bits per heavy atom. The summed E-state index contributed by atoms with van der Waals surface area (Å²) in [4.78, 5) is 20.4. The third-order valence-electron chi connectivity index (χ3n) is 5.79. The Kier molecular flexibility index (Phi) is 6.71. The fourth-order valence-electron chi connectivity index (χ4n) is 3.76. The third-order valence-corrected chi connectivity index (χ3v) is 7.72. The molecule has 9 heteroatoms. The van der Waals surface area contributed by atoms with E-state index in [0.29, 0.717) is 43.1 Å². The van der Waals surface area contributed by atoms with Gasteiger partial charge in [-0.05, 0) is 62.2 Å². The van der Waals surface area contributed by atoms with Gasteiger partial charge in [0.1, 0.15) is 11.6 Å². The molecule has 0 amide bonds. The Bertz CT molecular complexity index is 1220. The van der Waals surface area contributed by atoms with Crippen molar-refractivity contribution in [2.75, 3.05) is 17.7 Å². The predicted octanol–water partition coefficient (Wildman–Crippen LogP) is 4.40. The van der Waals surface area contributed by atoms with Crippen LogP contribution < -0.4 is 10.6 Å². The summed E-state index contributed by atoms with van der Waals surface area (Å²) >= 11 is 0. The van der Waals surface area contributed by atoms with Gasteiger partial charge in [0.05, 0.1) is 4.90 Å². The Labute approximate surface area is 194 Å². The molecule has 0 atom stereocenters. The number of hydrogen-bond acceptors (Lipinski definition) is 7.